The quantitative estimate of drug-likeness (QED) is 0.896. The minimum Gasteiger partial charge on any atom is -0.481 e. The molecule has 0 spiro atoms. The van der Waals surface area contributed by atoms with Crippen molar-refractivity contribution in [3.63, 3.8) is 0 Å². The van der Waals surface area contributed by atoms with Crippen LogP contribution in [-0.2, 0) is 17.6 Å². The Morgan fingerprint density at radius 2 is 1.48 bits per heavy atom. The molecular formula is C19H22O2. The number of aliphatic carboxylic acids is 1. The molecule has 0 aromatic heterocycles. The van der Waals surface area contributed by atoms with Gasteiger partial charge >= 0.3 is 5.97 Å². The van der Waals surface area contributed by atoms with E-state index in [9.17, 15) is 9.90 Å². The van der Waals surface area contributed by atoms with Gasteiger partial charge in [0.1, 0.15) is 0 Å². The zero-order valence-corrected chi connectivity index (χ0v) is 12.9. The largest absolute Gasteiger partial charge is 0.481 e. The highest BCUT2D eigenvalue weighted by Crippen LogP contribution is 2.22. The lowest BCUT2D eigenvalue weighted by Crippen LogP contribution is -2.20. The molecule has 0 fully saturated rings. The van der Waals surface area contributed by atoms with Crippen molar-refractivity contribution in [2.24, 2.45) is 5.92 Å². The van der Waals surface area contributed by atoms with Gasteiger partial charge < -0.3 is 5.11 Å². The van der Waals surface area contributed by atoms with E-state index in [1.807, 2.05) is 37.3 Å². The topological polar surface area (TPSA) is 37.3 Å². The predicted molar refractivity (Wildman–Crippen MR) is 85.6 cm³/mol. The molecule has 0 bridgehead atoms. The second-order valence-electron chi connectivity index (χ2n) is 5.74. The average Bonchev–Trinajstić information content (AvgIpc) is 2.43. The van der Waals surface area contributed by atoms with Gasteiger partial charge in [0, 0.05) is 0 Å². The van der Waals surface area contributed by atoms with Crippen LogP contribution in [-0.4, -0.2) is 11.1 Å². The third kappa shape index (κ3) is 3.72. The van der Waals surface area contributed by atoms with Gasteiger partial charge in [0.25, 0.3) is 0 Å². The van der Waals surface area contributed by atoms with Gasteiger partial charge in [0.05, 0.1) is 5.92 Å². The summed E-state index contributed by atoms with van der Waals surface area (Å²) in [6.07, 6.45) is 1.16. The Labute approximate surface area is 126 Å². The zero-order chi connectivity index (χ0) is 15.4. The lowest BCUT2D eigenvalue weighted by atomic mass is 9.88. The Morgan fingerprint density at radius 1 is 0.905 bits per heavy atom. The van der Waals surface area contributed by atoms with Crippen LogP contribution in [0.5, 0.6) is 0 Å². The molecule has 2 nitrogen and oxygen atoms in total. The highest BCUT2D eigenvalue weighted by Gasteiger charge is 2.21. The van der Waals surface area contributed by atoms with Crippen molar-refractivity contribution in [1.29, 1.82) is 0 Å². The minimum absolute atomic E-state index is 0.383. The molecule has 0 heterocycles. The van der Waals surface area contributed by atoms with E-state index < -0.39 is 5.97 Å². The van der Waals surface area contributed by atoms with E-state index >= 15 is 0 Å². The molecule has 0 amide bonds. The number of carboxylic acid groups (broad SMARTS) is 1. The number of carbonyl (C=O) groups is 1. The summed E-state index contributed by atoms with van der Waals surface area (Å²) >= 11 is 0. The maximum absolute atomic E-state index is 11.6. The summed E-state index contributed by atoms with van der Waals surface area (Å²) < 4.78 is 0. The van der Waals surface area contributed by atoms with Crippen LogP contribution >= 0.6 is 0 Å². The fourth-order valence-electron chi connectivity index (χ4n) is 2.77. The van der Waals surface area contributed by atoms with Crippen LogP contribution in [0.2, 0.25) is 0 Å². The van der Waals surface area contributed by atoms with Crippen molar-refractivity contribution in [2.45, 2.75) is 33.6 Å². The Bertz CT molecular complexity index is 624. The van der Waals surface area contributed by atoms with Crippen molar-refractivity contribution in [2.75, 3.05) is 0 Å². The SMILES string of the molecule is Cc1ccccc1CC(Cc1c(C)cccc1C)C(=O)O. The zero-order valence-electron chi connectivity index (χ0n) is 12.9. The Balaban J connectivity index is 2.25. The molecule has 0 aliphatic rings. The van der Waals surface area contributed by atoms with E-state index in [2.05, 4.69) is 26.0 Å². The van der Waals surface area contributed by atoms with Crippen molar-refractivity contribution in [1.82, 2.24) is 0 Å². The Morgan fingerprint density at radius 3 is 2.05 bits per heavy atom. The lowest BCUT2D eigenvalue weighted by molar-refractivity contribution is -0.141. The molecule has 2 heteroatoms. The third-order valence-electron chi connectivity index (χ3n) is 4.17. The fourth-order valence-corrected chi connectivity index (χ4v) is 2.77. The first-order chi connectivity index (χ1) is 9.99. The van der Waals surface area contributed by atoms with E-state index in [0.717, 1.165) is 11.1 Å². The molecular weight excluding hydrogens is 260 g/mol. The lowest BCUT2D eigenvalue weighted by Gasteiger charge is -2.17. The molecule has 0 aliphatic heterocycles. The molecule has 1 unspecified atom stereocenters. The van der Waals surface area contributed by atoms with E-state index in [0.29, 0.717) is 12.8 Å². The molecule has 2 rings (SSSR count). The molecule has 0 saturated carbocycles. The van der Waals surface area contributed by atoms with Crippen LogP contribution in [0, 0.1) is 26.7 Å². The molecule has 0 radical (unpaired) electrons. The van der Waals surface area contributed by atoms with E-state index in [4.69, 9.17) is 0 Å². The monoisotopic (exact) mass is 282 g/mol. The summed E-state index contributed by atoms with van der Waals surface area (Å²) in [4.78, 5) is 11.6. The molecule has 0 saturated heterocycles. The fraction of sp³-hybridized carbons (Fsp3) is 0.316. The second-order valence-corrected chi connectivity index (χ2v) is 5.74. The maximum Gasteiger partial charge on any atom is 0.307 e. The molecule has 110 valence electrons. The Kier molecular flexibility index (Phi) is 4.79. The van der Waals surface area contributed by atoms with Gasteiger partial charge in [-0.25, -0.2) is 0 Å². The molecule has 1 N–H and O–H groups in total. The van der Waals surface area contributed by atoms with Crippen LogP contribution in [0.4, 0.5) is 0 Å². The van der Waals surface area contributed by atoms with Crippen LogP contribution in [0.25, 0.3) is 0 Å². The summed E-state index contributed by atoms with van der Waals surface area (Å²) in [6, 6.07) is 14.1. The van der Waals surface area contributed by atoms with Crippen LogP contribution in [0.3, 0.4) is 0 Å². The van der Waals surface area contributed by atoms with Crippen LogP contribution in [0.1, 0.15) is 27.8 Å². The number of carboxylic acids is 1. The van der Waals surface area contributed by atoms with Gasteiger partial charge in [0.15, 0.2) is 0 Å². The van der Waals surface area contributed by atoms with Crippen molar-refractivity contribution in [3.8, 4) is 0 Å². The van der Waals surface area contributed by atoms with Crippen LogP contribution < -0.4 is 0 Å². The number of rotatable bonds is 5. The third-order valence-corrected chi connectivity index (χ3v) is 4.17. The second kappa shape index (κ2) is 6.57. The summed E-state index contributed by atoms with van der Waals surface area (Å²) in [5.74, 6) is -1.10. The van der Waals surface area contributed by atoms with Gasteiger partial charge in [-0.05, 0) is 61.4 Å². The number of aryl methyl sites for hydroxylation is 3. The first-order valence-electron chi connectivity index (χ1n) is 7.31. The molecule has 21 heavy (non-hydrogen) atoms. The molecule has 2 aromatic carbocycles. The summed E-state index contributed by atoms with van der Waals surface area (Å²) in [5, 5.41) is 9.57. The van der Waals surface area contributed by atoms with E-state index in [1.165, 1.54) is 16.7 Å². The van der Waals surface area contributed by atoms with Crippen molar-refractivity contribution >= 4 is 5.97 Å². The molecule has 1 atom stereocenters. The highest BCUT2D eigenvalue weighted by atomic mass is 16.4. The van der Waals surface area contributed by atoms with Gasteiger partial charge in [-0.15, -0.1) is 0 Å². The summed E-state index contributed by atoms with van der Waals surface area (Å²) in [7, 11) is 0. The van der Waals surface area contributed by atoms with E-state index in [1.54, 1.807) is 0 Å². The predicted octanol–water partition coefficient (Wildman–Crippen LogP) is 4.10. The first kappa shape index (κ1) is 15.3. The standard InChI is InChI=1S/C19H22O2/c1-13-7-4-5-10-16(13)11-17(19(20)21)12-18-14(2)8-6-9-15(18)3/h4-10,17H,11-12H2,1-3H3,(H,20,21). The first-order valence-corrected chi connectivity index (χ1v) is 7.31. The van der Waals surface area contributed by atoms with Gasteiger partial charge in [-0.1, -0.05) is 42.5 Å². The average molecular weight is 282 g/mol. The molecule has 0 aliphatic carbocycles. The Hall–Kier alpha value is -2.09. The van der Waals surface area contributed by atoms with Gasteiger partial charge in [-0.2, -0.15) is 0 Å². The molecule has 2 aromatic rings. The van der Waals surface area contributed by atoms with Gasteiger partial charge in [-0.3, -0.25) is 4.79 Å². The number of hydrogen-bond donors (Lipinski definition) is 1. The number of benzene rings is 2. The highest BCUT2D eigenvalue weighted by molar-refractivity contribution is 5.71. The normalized spacial score (nSPS) is 12.1. The number of hydrogen-bond acceptors (Lipinski definition) is 1. The maximum atomic E-state index is 11.6. The van der Waals surface area contributed by atoms with Crippen molar-refractivity contribution in [3.05, 3.63) is 70.3 Å². The van der Waals surface area contributed by atoms with Gasteiger partial charge in [0.2, 0.25) is 0 Å². The minimum atomic E-state index is -0.721. The van der Waals surface area contributed by atoms with Crippen molar-refractivity contribution < 1.29 is 9.90 Å². The summed E-state index contributed by atoms with van der Waals surface area (Å²) in [6.45, 7) is 6.14. The van der Waals surface area contributed by atoms with E-state index in [-0.39, 0.29) is 5.92 Å². The van der Waals surface area contributed by atoms with Crippen LogP contribution in [0.15, 0.2) is 42.5 Å². The summed E-state index contributed by atoms with van der Waals surface area (Å²) in [5.41, 5.74) is 5.79. The smallest absolute Gasteiger partial charge is 0.307 e.